The Hall–Kier alpha value is -2.91. The molecule has 0 atom stereocenters. The molecule has 2 rings (SSSR count). The molecule has 0 aliphatic rings. The molecule has 2 aromatic rings. The van der Waals surface area contributed by atoms with Crippen molar-refractivity contribution in [3.05, 3.63) is 59.2 Å². The maximum atomic E-state index is 13.0. The summed E-state index contributed by atoms with van der Waals surface area (Å²) < 4.78 is 28.1. The van der Waals surface area contributed by atoms with Crippen LogP contribution in [-0.2, 0) is 15.0 Å². The molecule has 0 heterocycles. The van der Waals surface area contributed by atoms with Gasteiger partial charge in [0, 0.05) is 20.6 Å². The quantitative estimate of drug-likeness (QED) is 0.619. The summed E-state index contributed by atoms with van der Waals surface area (Å²) in [4.78, 5) is 25.3. The third-order valence-corrected chi connectivity index (χ3v) is 6.45. The van der Waals surface area contributed by atoms with Gasteiger partial charge in [0.1, 0.15) is 6.54 Å². The van der Waals surface area contributed by atoms with Crippen LogP contribution in [0.25, 0.3) is 0 Å². The second-order valence-corrected chi connectivity index (χ2v) is 9.50. The molecule has 0 radical (unpaired) electrons. The fraction of sp³-hybridized carbons (Fsp3) is 0.364. The normalized spacial score (nSPS) is 11.3. The van der Waals surface area contributed by atoms with Crippen molar-refractivity contribution in [1.29, 1.82) is 0 Å². The minimum atomic E-state index is -3.93. The van der Waals surface area contributed by atoms with Crippen LogP contribution in [0.15, 0.2) is 42.5 Å². The van der Waals surface area contributed by atoms with Crippen LogP contribution in [0.3, 0.4) is 0 Å². The molecule has 168 valence electrons. The van der Waals surface area contributed by atoms with Crippen molar-refractivity contribution in [2.45, 2.75) is 27.2 Å². The topological polar surface area (TPSA) is 98.8 Å². The van der Waals surface area contributed by atoms with Crippen molar-refractivity contribution >= 4 is 33.4 Å². The highest BCUT2D eigenvalue weighted by atomic mass is 32.2. The van der Waals surface area contributed by atoms with Crippen LogP contribution in [-0.4, -0.2) is 51.7 Å². The number of carbonyl (C=O) groups is 2. The van der Waals surface area contributed by atoms with Gasteiger partial charge in [-0.15, -0.1) is 0 Å². The van der Waals surface area contributed by atoms with E-state index >= 15 is 0 Å². The molecule has 0 aliphatic carbocycles. The van der Waals surface area contributed by atoms with Gasteiger partial charge in [-0.1, -0.05) is 31.2 Å². The molecule has 0 saturated heterocycles. The van der Waals surface area contributed by atoms with Gasteiger partial charge < -0.3 is 10.6 Å². The molecule has 0 spiro atoms. The largest absolute Gasteiger partial charge is 0.352 e. The third kappa shape index (κ3) is 6.05. The first-order valence-electron chi connectivity index (χ1n) is 10.0. The number of aryl methyl sites for hydroxylation is 2. The fourth-order valence-electron chi connectivity index (χ4n) is 2.92. The summed E-state index contributed by atoms with van der Waals surface area (Å²) >= 11 is 0. The molecule has 0 aliphatic heterocycles. The van der Waals surface area contributed by atoms with Crippen LogP contribution >= 0.6 is 0 Å². The zero-order chi connectivity index (χ0) is 23.2. The average Bonchev–Trinajstić information content (AvgIpc) is 2.72. The molecule has 9 heteroatoms. The minimum Gasteiger partial charge on any atom is -0.352 e. The molecule has 2 N–H and O–H groups in total. The fourth-order valence-corrected chi connectivity index (χ4v) is 4.04. The zero-order valence-corrected chi connectivity index (χ0v) is 19.4. The maximum Gasteiger partial charge on any atom is 0.304 e. The molecule has 0 saturated carbocycles. The number of benzene rings is 2. The van der Waals surface area contributed by atoms with E-state index in [1.165, 1.54) is 14.1 Å². The highest BCUT2D eigenvalue weighted by Gasteiger charge is 2.29. The Labute approximate surface area is 184 Å². The first-order chi connectivity index (χ1) is 14.6. The van der Waals surface area contributed by atoms with Gasteiger partial charge in [0.05, 0.1) is 16.9 Å². The van der Waals surface area contributed by atoms with Crippen LogP contribution < -0.4 is 14.9 Å². The molecule has 0 unspecified atom stereocenters. The number of amides is 2. The first kappa shape index (κ1) is 24.4. The highest BCUT2D eigenvalue weighted by Crippen LogP contribution is 2.25. The summed E-state index contributed by atoms with van der Waals surface area (Å²) in [7, 11) is -1.10. The van der Waals surface area contributed by atoms with Gasteiger partial charge in [0.15, 0.2) is 0 Å². The number of hydrogen-bond acceptors (Lipinski definition) is 4. The van der Waals surface area contributed by atoms with Crippen molar-refractivity contribution in [2.75, 3.05) is 36.8 Å². The number of hydrogen-bond donors (Lipinski definition) is 2. The third-order valence-electron chi connectivity index (χ3n) is 4.64. The maximum absolute atomic E-state index is 13.0. The van der Waals surface area contributed by atoms with E-state index in [1.54, 1.807) is 37.3 Å². The number of carbonyl (C=O) groups excluding carboxylic acids is 2. The summed E-state index contributed by atoms with van der Waals surface area (Å²) in [6, 6.07) is 12.1. The van der Waals surface area contributed by atoms with E-state index in [4.69, 9.17) is 0 Å². The van der Waals surface area contributed by atoms with Crippen LogP contribution in [0.2, 0.25) is 0 Å². The van der Waals surface area contributed by atoms with E-state index < -0.39 is 22.7 Å². The lowest BCUT2D eigenvalue weighted by molar-refractivity contribution is -0.114. The number of anilines is 2. The van der Waals surface area contributed by atoms with Gasteiger partial charge in [-0.25, -0.2) is 4.31 Å². The summed E-state index contributed by atoms with van der Waals surface area (Å²) in [6.45, 7) is 5.67. The Morgan fingerprint density at radius 2 is 1.71 bits per heavy atom. The van der Waals surface area contributed by atoms with Gasteiger partial charge in [0.25, 0.3) is 5.91 Å². The Kier molecular flexibility index (Phi) is 8.18. The Bertz CT molecular complexity index is 1050. The van der Waals surface area contributed by atoms with Gasteiger partial charge in [0.2, 0.25) is 5.91 Å². The second-order valence-electron chi connectivity index (χ2n) is 7.44. The van der Waals surface area contributed by atoms with Crippen LogP contribution in [0.4, 0.5) is 11.4 Å². The molecule has 2 aromatic carbocycles. The van der Waals surface area contributed by atoms with Crippen LogP contribution in [0.1, 0.15) is 34.8 Å². The zero-order valence-electron chi connectivity index (χ0n) is 18.6. The van der Waals surface area contributed by atoms with Crippen molar-refractivity contribution in [3.63, 3.8) is 0 Å². The molecular weight excluding hydrogens is 416 g/mol. The molecular formula is C22H30N4O4S. The smallest absolute Gasteiger partial charge is 0.304 e. The van der Waals surface area contributed by atoms with E-state index in [9.17, 15) is 18.0 Å². The molecule has 0 aromatic heterocycles. The summed E-state index contributed by atoms with van der Waals surface area (Å²) in [5, 5.41) is 5.47. The van der Waals surface area contributed by atoms with Crippen molar-refractivity contribution in [2.24, 2.45) is 0 Å². The van der Waals surface area contributed by atoms with Crippen LogP contribution in [0.5, 0.6) is 0 Å². The van der Waals surface area contributed by atoms with Gasteiger partial charge in [-0.05, 0) is 49.6 Å². The Morgan fingerprint density at radius 1 is 1.03 bits per heavy atom. The van der Waals surface area contributed by atoms with E-state index in [1.807, 2.05) is 26.0 Å². The molecule has 2 amide bonds. The number of nitrogens with one attached hydrogen (secondary N) is 2. The molecule has 0 fully saturated rings. The van der Waals surface area contributed by atoms with Gasteiger partial charge >= 0.3 is 10.2 Å². The Morgan fingerprint density at radius 3 is 2.35 bits per heavy atom. The Balaban J connectivity index is 2.34. The van der Waals surface area contributed by atoms with E-state index in [0.717, 1.165) is 26.2 Å². The molecule has 8 nitrogen and oxygen atoms in total. The van der Waals surface area contributed by atoms with Crippen molar-refractivity contribution < 1.29 is 18.0 Å². The van der Waals surface area contributed by atoms with Crippen molar-refractivity contribution in [3.8, 4) is 0 Å². The van der Waals surface area contributed by atoms with Crippen LogP contribution in [0, 0.1) is 13.8 Å². The number of rotatable bonds is 9. The second kappa shape index (κ2) is 10.4. The lowest BCUT2D eigenvalue weighted by Crippen LogP contribution is -2.44. The average molecular weight is 447 g/mol. The van der Waals surface area contributed by atoms with E-state index in [-0.39, 0.29) is 5.91 Å². The standard InChI is InChI=1S/C22H30N4O4S/c1-6-13-23-22(28)18-9-7-8-10-19(18)24-21(27)15-26(31(29,30)25(4)5)20-14-16(2)11-12-17(20)3/h7-12,14H,6,13,15H2,1-5H3,(H,23,28)(H,24,27). The van der Waals surface area contributed by atoms with E-state index in [2.05, 4.69) is 10.6 Å². The minimum absolute atomic E-state index is 0.301. The predicted molar refractivity (Wildman–Crippen MR) is 124 cm³/mol. The highest BCUT2D eigenvalue weighted by molar-refractivity contribution is 7.90. The monoisotopic (exact) mass is 446 g/mol. The van der Waals surface area contributed by atoms with Gasteiger partial charge in [-0.3, -0.25) is 9.59 Å². The first-order valence-corrected chi connectivity index (χ1v) is 11.4. The molecule has 31 heavy (non-hydrogen) atoms. The van der Waals surface area contributed by atoms with Crippen molar-refractivity contribution in [1.82, 2.24) is 9.62 Å². The lowest BCUT2D eigenvalue weighted by atomic mass is 10.1. The number of para-hydroxylation sites is 1. The SMILES string of the molecule is CCCNC(=O)c1ccccc1NC(=O)CN(c1cc(C)ccc1C)S(=O)(=O)N(C)C. The molecule has 0 bridgehead atoms. The van der Waals surface area contributed by atoms with Gasteiger partial charge in [-0.2, -0.15) is 12.7 Å². The van der Waals surface area contributed by atoms with E-state index in [0.29, 0.717) is 23.5 Å². The predicted octanol–water partition coefficient (Wildman–Crippen LogP) is 2.69. The number of nitrogens with zero attached hydrogens (tertiary/aromatic N) is 2. The summed E-state index contributed by atoms with van der Waals surface area (Å²) in [5.41, 5.74) is 2.67. The summed E-state index contributed by atoms with van der Waals surface area (Å²) in [6.07, 6.45) is 0.785. The summed E-state index contributed by atoms with van der Waals surface area (Å²) in [5.74, 6) is -0.855. The lowest BCUT2D eigenvalue weighted by Gasteiger charge is -2.28.